The maximum atomic E-state index is 12.6. The van der Waals surface area contributed by atoms with Gasteiger partial charge in [-0.3, -0.25) is 4.79 Å². The van der Waals surface area contributed by atoms with Crippen molar-refractivity contribution >= 4 is 39.8 Å². The van der Waals surface area contributed by atoms with Crippen molar-refractivity contribution in [3.63, 3.8) is 0 Å². The second kappa shape index (κ2) is 6.72. The van der Waals surface area contributed by atoms with Gasteiger partial charge in [0.2, 0.25) is 0 Å². The third kappa shape index (κ3) is 3.22. The summed E-state index contributed by atoms with van der Waals surface area (Å²) in [4.78, 5) is 21.9. The Kier molecular flexibility index (Phi) is 4.35. The molecule has 0 bridgehead atoms. The van der Waals surface area contributed by atoms with Crippen LogP contribution in [-0.2, 0) is 5.54 Å². The average Bonchev–Trinajstić information content (AvgIpc) is 3.27. The van der Waals surface area contributed by atoms with Gasteiger partial charge in [0.25, 0.3) is 5.91 Å². The quantitative estimate of drug-likeness (QED) is 0.546. The Labute approximate surface area is 166 Å². The second-order valence-electron chi connectivity index (χ2n) is 7.41. The van der Waals surface area contributed by atoms with Crippen LogP contribution in [0.2, 0.25) is 0 Å². The number of nitrogen functional groups attached to an aromatic ring is 1. The molecule has 4 rings (SSSR count). The summed E-state index contributed by atoms with van der Waals surface area (Å²) < 4.78 is 1.85. The number of thiophene rings is 1. The van der Waals surface area contributed by atoms with E-state index in [1.54, 1.807) is 0 Å². The van der Waals surface area contributed by atoms with Gasteiger partial charge >= 0.3 is 0 Å². The van der Waals surface area contributed by atoms with E-state index in [1.807, 2.05) is 46.5 Å². The van der Waals surface area contributed by atoms with Crippen molar-refractivity contribution in [2.45, 2.75) is 26.3 Å². The van der Waals surface area contributed by atoms with Gasteiger partial charge in [-0.05, 0) is 39.0 Å². The lowest BCUT2D eigenvalue weighted by Gasteiger charge is -2.19. The molecule has 0 aliphatic heterocycles. The van der Waals surface area contributed by atoms with Gasteiger partial charge in [0.15, 0.2) is 5.65 Å². The molecule has 0 aliphatic rings. The van der Waals surface area contributed by atoms with E-state index in [2.05, 4.69) is 36.1 Å². The summed E-state index contributed by atoms with van der Waals surface area (Å²) in [5.74, 6) is 0.205. The fraction of sp³-hybridized carbons (Fsp3) is 0.200. The van der Waals surface area contributed by atoms with Crippen LogP contribution in [0.15, 0.2) is 48.1 Å². The van der Waals surface area contributed by atoms with E-state index in [-0.39, 0.29) is 11.4 Å². The van der Waals surface area contributed by atoms with Gasteiger partial charge in [-0.2, -0.15) is 5.10 Å². The Balaban J connectivity index is 1.75. The fourth-order valence-corrected chi connectivity index (χ4v) is 3.80. The molecule has 0 radical (unpaired) electrons. The normalized spacial score (nSPS) is 11.7. The zero-order chi connectivity index (χ0) is 19.9. The van der Waals surface area contributed by atoms with E-state index >= 15 is 0 Å². The number of rotatable bonds is 3. The Morgan fingerprint density at radius 2 is 1.93 bits per heavy atom. The van der Waals surface area contributed by atoms with Crippen LogP contribution in [0.5, 0.6) is 0 Å². The number of carbonyl (C=O) groups excluding carboxylic acids is 1. The first-order chi connectivity index (χ1) is 13.3. The Morgan fingerprint density at radius 3 is 2.64 bits per heavy atom. The van der Waals surface area contributed by atoms with E-state index < -0.39 is 0 Å². The van der Waals surface area contributed by atoms with Crippen LogP contribution in [-0.4, -0.2) is 25.7 Å². The number of para-hydroxylation sites is 1. The van der Waals surface area contributed by atoms with Gasteiger partial charge in [-0.1, -0.05) is 18.2 Å². The Bertz CT molecular complexity index is 1160. The van der Waals surface area contributed by atoms with Crippen molar-refractivity contribution in [3.8, 4) is 10.6 Å². The van der Waals surface area contributed by atoms with Crippen LogP contribution >= 0.6 is 11.3 Å². The smallest absolute Gasteiger partial charge is 0.256 e. The van der Waals surface area contributed by atoms with Crippen LogP contribution in [0, 0.1) is 0 Å². The summed E-state index contributed by atoms with van der Waals surface area (Å²) in [6.07, 6.45) is 1.44. The predicted molar refractivity (Wildman–Crippen MR) is 112 cm³/mol. The third-order valence-corrected chi connectivity index (χ3v) is 5.19. The van der Waals surface area contributed by atoms with E-state index in [0.717, 1.165) is 10.6 Å². The molecule has 3 aromatic heterocycles. The van der Waals surface area contributed by atoms with E-state index in [4.69, 9.17) is 10.8 Å². The van der Waals surface area contributed by atoms with Crippen LogP contribution < -0.4 is 11.1 Å². The molecule has 0 fully saturated rings. The first-order valence-electron chi connectivity index (χ1n) is 8.79. The molecule has 0 unspecified atom stereocenters. The molecule has 1 amide bonds. The molecular formula is C20H20N6OS. The monoisotopic (exact) mass is 392 g/mol. The van der Waals surface area contributed by atoms with Crippen molar-refractivity contribution in [2.24, 2.45) is 0 Å². The van der Waals surface area contributed by atoms with Gasteiger partial charge < -0.3 is 11.1 Å². The molecule has 3 N–H and O–H groups in total. The highest BCUT2D eigenvalue weighted by molar-refractivity contribution is 7.14. The number of fused-ring (bicyclic) bond motifs is 1. The summed E-state index contributed by atoms with van der Waals surface area (Å²) in [5, 5.41) is 10.2. The first-order valence-corrected chi connectivity index (χ1v) is 9.67. The average molecular weight is 392 g/mol. The molecule has 142 valence electrons. The molecule has 8 heteroatoms. The third-order valence-electron chi connectivity index (χ3n) is 4.26. The number of aromatic nitrogens is 4. The minimum Gasteiger partial charge on any atom is -0.383 e. The summed E-state index contributed by atoms with van der Waals surface area (Å²) in [6.45, 7) is 6.15. The summed E-state index contributed by atoms with van der Waals surface area (Å²) >= 11 is 1.44. The number of nitrogens with one attached hydrogen (secondary N) is 1. The van der Waals surface area contributed by atoms with Crippen LogP contribution in [0.1, 0.15) is 31.1 Å². The van der Waals surface area contributed by atoms with Crippen molar-refractivity contribution in [2.75, 3.05) is 11.1 Å². The molecule has 28 heavy (non-hydrogen) atoms. The molecule has 0 atom stereocenters. The van der Waals surface area contributed by atoms with Gasteiger partial charge in [-0.25, -0.2) is 14.6 Å². The van der Waals surface area contributed by atoms with Crippen LogP contribution in [0.25, 0.3) is 21.6 Å². The van der Waals surface area contributed by atoms with Crippen molar-refractivity contribution < 1.29 is 4.79 Å². The lowest BCUT2D eigenvalue weighted by molar-refractivity contribution is 0.102. The van der Waals surface area contributed by atoms with Crippen LogP contribution in [0.3, 0.4) is 0 Å². The number of nitrogens with two attached hydrogens (primary N) is 1. The minimum atomic E-state index is -0.276. The number of nitrogens with zero attached hydrogens (tertiary/aromatic N) is 4. The largest absolute Gasteiger partial charge is 0.383 e. The van der Waals surface area contributed by atoms with Crippen molar-refractivity contribution in [3.05, 3.63) is 53.7 Å². The molecule has 4 aromatic rings. The Hall–Kier alpha value is -3.26. The maximum Gasteiger partial charge on any atom is 0.256 e. The van der Waals surface area contributed by atoms with E-state index in [9.17, 15) is 4.79 Å². The number of amides is 1. The zero-order valence-electron chi connectivity index (χ0n) is 15.8. The molecule has 7 nitrogen and oxygen atoms in total. The van der Waals surface area contributed by atoms with Gasteiger partial charge in [-0.15, -0.1) is 11.3 Å². The maximum absolute atomic E-state index is 12.6. The number of anilines is 2. The predicted octanol–water partition coefficient (Wildman–Crippen LogP) is 4.14. The standard InChI is InChI=1S/C20H20N6OS/c1-20(2,3)26-18-15(17(21)22-11-23-18)16(25-26)14-9-12(10-28-14)19(27)24-13-7-5-4-6-8-13/h4-11H,1-3H3,(H,24,27)(H2,21,22,23). The zero-order valence-corrected chi connectivity index (χ0v) is 16.6. The second-order valence-corrected chi connectivity index (χ2v) is 8.32. The minimum absolute atomic E-state index is 0.169. The van der Waals surface area contributed by atoms with Crippen LogP contribution in [0.4, 0.5) is 11.5 Å². The molecule has 1 aromatic carbocycles. The topological polar surface area (TPSA) is 98.7 Å². The highest BCUT2D eigenvalue weighted by Gasteiger charge is 2.25. The Morgan fingerprint density at radius 1 is 1.18 bits per heavy atom. The number of carbonyl (C=O) groups is 1. The fourth-order valence-electron chi connectivity index (χ4n) is 2.92. The van der Waals surface area contributed by atoms with E-state index in [1.165, 1.54) is 17.7 Å². The van der Waals surface area contributed by atoms with Gasteiger partial charge in [0, 0.05) is 11.1 Å². The molecule has 0 spiro atoms. The highest BCUT2D eigenvalue weighted by atomic mass is 32.1. The van der Waals surface area contributed by atoms with E-state index in [0.29, 0.717) is 28.1 Å². The van der Waals surface area contributed by atoms with Gasteiger partial charge in [0.1, 0.15) is 17.8 Å². The number of benzene rings is 1. The molecule has 0 saturated carbocycles. The number of hydrogen-bond acceptors (Lipinski definition) is 6. The van der Waals surface area contributed by atoms with Crippen molar-refractivity contribution in [1.29, 1.82) is 0 Å². The molecule has 0 saturated heterocycles. The SMILES string of the molecule is CC(C)(C)n1nc(-c2cc(C(=O)Nc3ccccc3)cs2)c2c(N)ncnc21. The molecule has 3 heterocycles. The lowest BCUT2D eigenvalue weighted by atomic mass is 10.1. The lowest BCUT2D eigenvalue weighted by Crippen LogP contribution is -2.23. The summed E-state index contributed by atoms with van der Waals surface area (Å²) in [6, 6.07) is 11.2. The molecule has 0 aliphatic carbocycles. The number of hydrogen-bond donors (Lipinski definition) is 2. The van der Waals surface area contributed by atoms with Crippen molar-refractivity contribution in [1.82, 2.24) is 19.7 Å². The molecular weight excluding hydrogens is 372 g/mol. The summed E-state index contributed by atoms with van der Waals surface area (Å²) in [5.41, 5.74) is 8.55. The summed E-state index contributed by atoms with van der Waals surface area (Å²) in [7, 11) is 0. The van der Waals surface area contributed by atoms with Gasteiger partial charge in [0.05, 0.1) is 21.4 Å². The first kappa shape index (κ1) is 18.1. The highest BCUT2D eigenvalue weighted by Crippen LogP contribution is 2.36.